The molecule has 2 aromatic heterocycles. The van der Waals surface area contributed by atoms with E-state index >= 15 is 0 Å². The third-order valence-corrected chi connectivity index (χ3v) is 3.49. The highest BCUT2D eigenvalue weighted by molar-refractivity contribution is 6.20. The van der Waals surface area contributed by atoms with Gasteiger partial charge in [-0.2, -0.15) is 5.10 Å². The maximum absolute atomic E-state index is 11.6. The molecule has 21 heavy (non-hydrogen) atoms. The molecule has 0 aliphatic heterocycles. The van der Waals surface area contributed by atoms with Crippen LogP contribution in [0.4, 0.5) is 4.79 Å². The lowest BCUT2D eigenvalue weighted by molar-refractivity contribution is 0.217. The topological polar surface area (TPSA) is 68.0 Å². The number of hydrogen-bond acceptors (Lipinski definition) is 3. The fraction of sp³-hybridized carbons (Fsp3) is 0.615. The van der Waals surface area contributed by atoms with Crippen molar-refractivity contribution in [1.82, 2.24) is 29.5 Å². The first-order valence-electron chi connectivity index (χ1n) is 6.82. The lowest BCUT2D eigenvalue weighted by atomic mass is 10.4. The Labute approximate surface area is 128 Å². The number of rotatable bonds is 4. The number of hydrogen-bond donors (Lipinski definition) is 1. The number of fused-ring (bicyclic) bond motifs is 1. The average Bonchev–Trinajstić information content (AvgIpc) is 2.89. The number of halogens is 1. The molecule has 116 valence electrons. The largest absolute Gasteiger partial charge is 0.336 e. The summed E-state index contributed by atoms with van der Waals surface area (Å²) in [5.74, 6) is 0.793. The summed E-state index contributed by atoms with van der Waals surface area (Å²) in [4.78, 5) is 17.7. The maximum Gasteiger partial charge on any atom is 0.316 e. The van der Waals surface area contributed by atoms with Crippen LogP contribution in [-0.4, -0.2) is 50.9 Å². The van der Waals surface area contributed by atoms with E-state index in [1.807, 2.05) is 25.5 Å². The quantitative estimate of drug-likeness (QED) is 0.873. The van der Waals surface area contributed by atoms with Gasteiger partial charge in [0.05, 0.1) is 11.1 Å². The zero-order valence-electron chi connectivity index (χ0n) is 13.0. The maximum atomic E-state index is 11.6. The van der Waals surface area contributed by atoms with Gasteiger partial charge in [-0.25, -0.2) is 9.78 Å². The first-order chi connectivity index (χ1) is 9.82. The molecule has 2 heterocycles. The molecule has 0 aliphatic rings. The van der Waals surface area contributed by atoms with Crippen molar-refractivity contribution in [3.8, 4) is 0 Å². The van der Waals surface area contributed by atoms with E-state index in [2.05, 4.69) is 15.4 Å². The summed E-state index contributed by atoms with van der Waals surface area (Å²) in [6, 6.07) is -0.118. The predicted octanol–water partition coefficient (Wildman–Crippen LogP) is 1.65. The minimum atomic E-state index is -0.207. The van der Waals surface area contributed by atoms with Crippen LogP contribution in [0.3, 0.4) is 0 Å². The van der Waals surface area contributed by atoms with Crippen LogP contribution in [0.2, 0.25) is 0 Å². The normalized spacial score (nSPS) is 12.7. The number of urea groups is 1. The van der Waals surface area contributed by atoms with Gasteiger partial charge in [0.25, 0.3) is 0 Å². The highest BCUT2D eigenvalue weighted by Gasteiger charge is 2.20. The van der Waals surface area contributed by atoms with Crippen LogP contribution in [0.1, 0.15) is 23.8 Å². The smallest absolute Gasteiger partial charge is 0.316 e. The van der Waals surface area contributed by atoms with Gasteiger partial charge in [-0.05, 0) is 13.8 Å². The van der Waals surface area contributed by atoms with Gasteiger partial charge in [-0.15, -0.1) is 11.6 Å². The van der Waals surface area contributed by atoms with Gasteiger partial charge in [-0.3, -0.25) is 4.68 Å². The van der Waals surface area contributed by atoms with E-state index in [9.17, 15) is 4.79 Å². The molecule has 0 aromatic carbocycles. The molecule has 0 aliphatic carbocycles. The van der Waals surface area contributed by atoms with E-state index in [1.165, 1.54) is 4.90 Å². The second kappa shape index (κ2) is 5.93. The second-order valence-corrected chi connectivity index (χ2v) is 5.90. The van der Waals surface area contributed by atoms with E-state index in [4.69, 9.17) is 11.6 Å². The molecule has 0 bridgehead atoms. The van der Waals surface area contributed by atoms with Gasteiger partial charge < -0.3 is 14.8 Å². The van der Waals surface area contributed by atoms with E-state index in [0.29, 0.717) is 13.1 Å². The Morgan fingerprint density at radius 3 is 2.71 bits per heavy atom. The fourth-order valence-corrected chi connectivity index (χ4v) is 2.48. The Bertz CT molecular complexity index is 657. The molecule has 1 atom stereocenters. The molecule has 8 heteroatoms. The van der Waals surface area contributed by atoms with E-state index in [1.54, 1.807) is 18.8 Å². The minimum absolute atomic E-state index is 0.118. The molecular formula is C13H21ClN6O. The van der Waals surface area contributed by atoms with Gasteiger partial charge >= 0.3 is 6.03 Å². The molecule has 2 amide bonds. The van der Waals surface area contributed by atoms with Crippen molar-refractivity contribution < 1.29 is 4.79 Å². The third kappa shape index (κ3) is 2.97. The van der Waals surface area contributed by atoms with E-state index in [0.717, 1.165) is 22.7 Å². The highest BCUT2D eigenvalue weighted by Crippen LogP contribution is 2.25. The van der Waals surface area contributed by atoms with Crippen molar-refractivity contribution in [3.05, 3.63) is 11.5 Å². The SMILES string of the molecule is Cc1nn(C)c2c1nc(C(C)Cl)n2CCNC(=O)N(C)C. The fourth-order valence-electron chi connectivity index (χ4n) is 2.31. The summed E-state index contributed by atoms with van der Waals surface area (Å²) >= 11 is 6.22. The Morgan fingerprint density at radius 2 is 2.14 bits per heavy atom. The Morgan fingerprint density at radius 1 is 1.48 bits per heavy atom. The van der Waals surface area contributed by atoms with Crippen molar-refractivity contribution >= 4 is 28.8 Å². The number of nitrogens with one attached hydrogen (secondary N) is 1. The van der Waals surface area contributed by atoms with Crippen molar-refractivity contribution in [1.29, 1.82) is 0 Å². The number of imidazole rings is 1. The van der Waals surface area contributed by atoms with Gasteiger partial charge in [0.1, 0.15) is 11.3 Å². The average molecular weight is 313 g/mol. The molecule has 0 spiro atoms. The number of carbonyl (C=O) groups excluding carboxylic acids is 1. The van der Waals surface area contributed by atoms with Gasteiger partial charge in [-0.1, -0.05) is 0 Å². The molecule has 2 rings (SSSR count). The number of aryl methyl sites for hydroxylation is 2. The molecule has 7 nitrogen and oxygen atoms in total. The molecule has 1 N–H and O–H groups in total. The zero-order chi connectivity index (χ0) is 15.7. The summed E-state index contributed by atoms with van der Waals surface area (Å²) in [6.45, 7) is 4.92. The molecule has 0 saturated carbocycles. The van der Waals surface area contributed by atoms with Crippen LogP contribution < -0.4 is 5.32 Å². The molecule has 0 fully saturated rings. The number of aromatic nitrogens is 4. The van der Waals surface area contributed by atoms with Gasteiger partial charge in [0.15, 0.2) is 5.65 Å². The van der Waals surface area contributed by atoms with Crippen LogP contribution in [0, 0.1) is 6.92 Å². The Hall–Kier alpha value is -1.76. The van der Waals surface area contributed by atoms with Crippen molar-refractivity contribution in [2.75, 3.05) is 20.6 Å². The summed E-state index contributed by atoms with van der Waals surface area (Å²) < 4.78 is 3.82. The van der Waals surface area contributed by atoms with Crippen LogP contribution in [0.15, 0.2) is 0 Å². The number of carbonyl (C=O) groups is 1. The summed E-state index contributed by atoms with van der Waals surface area (Å²) in [5, 5.41) is 7.01. The molecule has 2 aromatic rings. The predicted molar refractivity (Wildman–Crippen MR) is 82.6 cm³/mol. The van der Waals surface area contributed by atoms with Crippen molar-refractivity contribution in [2.24, 2.45) is 7.05 Å². The summed E-state index contributed by atoms with van der Waals surface area (Å²) in [6.07, 6.45) is 0. The third-order valence-electron chi connectivity index (χ3n) is 3.29. The Kier molecular flexibility index (Phi) is 4.41. The van der Waals surface area contributed by atoms with Crippen LogP contribution >= 0.6 is 11.6 Å². The van der Waals surface area contributed by atoms with Crippen LogP contribution in [0.25, 0.3) is 11.2 Å². The van der Waals surface area contributed by atoms with Crippen LogP contribution in [-0.2, 0) is 13.6 Å². The van der Waals surface area contributed by atoms with Gasteiger partial charge in [0.2, 0.25) is 0 Å². The first-order valence-corrected chi connectivity index (χ1v) is 7.25. The number of amides is 2. The lowest BCUT2D eigenvalue weighted by Gasteiger charge is -2.14. The lowest BCUT2D eigenvalue weighted by Crippen LogP contribution is -2.36. The second-order valence-electron chi connectivity index (χ2n) is 5.25. The molecule has 0 saturated heterocycles. The first kappa shape index (κ1) is 15.6. The zero-order valence-corrected chi connectivity index (χ0v) is 13.8. The van der Waals surface area contributed by atoms with Gasteiger partial charge in [0, 0.05) is 34.2 Å². The van der Waals surface area contributed by atoms with Crippen molar-refractivity contribution in [2.45, 2.75) is 25.8 Å². The number of alkyl halides is 1. The monoisotopic (exact) mass is 312 g/mol. The minimum Gasteiger partial charge on any atom is -0.336 e. The molecule has 0 radical (unpaired) electrons. The van der Waals surface area contributed by atoms with E-state index < -0.39 is 0 Å². The summed E-state index contributed by atoms with van der Waals surface area (Å²) in [5.41, 5.74) is 2.66. The molecule has 1 unspecified atom stereocenters. The van der Waals surface area contributed by atoms with Crippen LogP contribution in [0.5, 0.6) is 0 Å². The van der Waals surface area contributed by atoms with E-state index in [-0.39, 0.29) is 11.4 Å². The molecular weight excluding hydrogens is 292 g/mol. The van der Waals surface area contributed by atoms with Crippen molar-refractivity contribution in [3.63, 3.8) is 0 Å². The number of nitrogens with zero attached hydrogens (tertiary/aromatic N) is 5. The summed E-state index contributed by atoms with van der Waals surface area (Å²) in [7, 11) is 5.30. The standard InChI is InChI=1S/C13H21ClN6O/c1-8(14)11-16-10-9(2)17-19(5)12(10)20(11)7-6-15-13(21)18(3)4/h8H,6-7H2,1-5H3,(H,15,21). The Balaban J connectivity index is 2.28. The highest BCUT2D eigenvalue weighted by atomic mass is 35.5.